The minimum atomic E-state index is -0.442. The molecule has 9 aromatic carbocycles. The van der Waals surface area contributed by atoms with E-state index in [1.54, 1.807) is 0 Å². The summed E-state index contributed by atoms with van der Waals surface area (Å²) in [5, 5.41) is 7.26. The van der Waals surface area contributed by atoms with Crippen molar-refractivity contribution in [3.05, 3.63) is 216 Å². The molecule has 0 fully saturated rings. The molecule has 0 amide bonds. The summed E-state index contributed by atoms with van der Waals surface area (Å²) < 4.78 is 9.12. The molecule has 0 saturated carbocycles. The minimum Gasteiger partial charge on any atom is -0.456 e. The lowest BCUT2D eigenvalue weighted by Gasteiger charge is -2.37. The Morgan fingerprint density at radius 2 is 0.967 bits per heavy atom. The maximum absolute atomic E-state index is 6.68. The Morgan fingerprint density at radius 3 is 1.67 bits per heavy atom. The number of hydrogen-bond acceptors (Lipinski definition) is 4. The van der Waals surface area contributed by atoms with E-state index in [0.717, 1.165) is 44.3 Å². The highest BCUT2D eigenvalue weighted by molar-refractivity contribution is 6.26. The zero-order chi connectivity index (χ0) is 39.8. The molecule has 3 aromatic heterocycles. The molecule has 2 aliphatic rings. The van der Waals surface area contributed by atoms with Crippen molar-refractivity contribution in [3.63, 3.8) is 0 Å². The Bertz CT molecular complexity index is 3720. The Balaban J connectivity index is 0.971. The first-order chi connectivity index (χ1) is 30.2. The highest BCUT2D eigenvalue weighted by Crippen LogP contribution is 2.62. The fraction of sp³-hybridized carbons (Fsp3) is 0.0179. The summed E-state index contributed by atoms with van der Waals surface area (Å²) in [5.74, 6) is 1.89. The predicted molar refractivity (Wildman–Crippen MR) is 246 cm³/mol. The van der Waals surface area contributed by atoms with Gasteiger partial charge in [-0.2, -0.15) is 0 Å². The summed E-state index contributed by atoms with van der Waals surface area (Å²) >= 11 is 0. The van der Waals surface area contributed by atoms with Crippen LogP contribution in [0.15, 0.2) is 199 Å². The van der Waals surface area contributed by atoms with E-state index in [4.69, 9.17) is 19.4 Å². The Kier molecular flexibility index (Phi) is 6.43. The molecule has 0 N–H and O–H groups in total. The summed E-state index contributed by atoms with van der Waals surface area (Å²) in [4.78, 5) is 14.9. The molecule has 0 aliphatic heterocycles. The van der Waals surface area contributed by atoms with E-state index in [9.17, 15) is 0 Å². The standard InChI is InChI=1S/C56H32N4O/c1-3-13-34(14-4-1)53-57-54(35-15-5-2-6-16-35)59-55(58-53)36-26-30-48-41(31-36)40-28-27-37(32-49(40)61-48)60-46-24-12-23-45-51(46)52-47(60)29-25-33-17-11-22-44(50(33)52)56(45)42-20-9-7-18-38(42)39-19-8-10-21-43(39)56/h1-32H. The SMILES string of the molecule is c1ccc(-c2nc(-c3ccccc3)nc(-c3ccc4oc5cc(-n6c7cccc8c7c7c9c(cccc9ccc76)C86c7ccccc7-c7ccccc76)ccc5c4c3)n2)cc1. The molecule has 61 heavy (non-hydrogen) atoms. The van der Waals surface area contributed by atoms with Crippen LogP contribution in [0.25, 0.3) is 105 Å². The average molecular weight is 777 g/mol. The van der Waals surface area contributed by atoms with Crippen molar-refractivity contribution < 1.29 is 4.42 Å². The topological polar surface area (TPSA) is 56.7 Å². The molecule has 282 valence electrons. The molecule has 3 heterocycles. The molecule has 5 heteroatoms. The molecule has 1 spiro atoms. The zero-order valence-electron chi connectivity index (χ0n) is 32.7. The smallest absolute Gasteiger partial charge is 0.164 e. The summed E-state index contributed by atoms with van der Waals surface area (Å²) in [6, 6.07) is 69.5. The molecule has 0 saturated heterocycles. The van der Waals surface area contributed by atoms with Gasteiger partial charge in [0, 0.05) is 50.0 Å². The van der Waals surface area contributed by atoms with Gasteiger partial charge in [0.05, 0.1) is 16.4 Å². The first-order valence-corrected chi connectivity index (χ1v) is 20.8. The molecule has 2 aliphatic carbocycles. The normalized spacial score (nSPS) is 13.4. The van der Waals surface area contributed by atoms with Crippen molar-refractivity contribution >= 4 is 54.5 Å². The summed E-state index contributed by atoms with van der Waals surface area (Å²) in [6.45, 7) is 0. The quantitative estimate of drug-likeness (QED) is 0.179. The molecule has 0 atom stereocenters. The van der Waals surface area contributed by atoms with E-state index >= 15 is 0 Å². The van der Waals surface area contributed by atoms with Crippen LogP contribution >= 0.6 is 0 Å². The van der Waals surface area contributed by atoms with Crippen molar-refractivity contribution in [1.82, 2.24) is 19.5 Å². The van der Waals surface area contributed by atoms with Gasteiger partial charge in [0.25, 0.3) is 0 Å². The van der Waals surface area contributed by atoms with Crippen LogP contribution in [0.4, 0.5) is 0 Å². The van der Waals surface area contributed by atoms with Crippen LogP contribution < -0.4 is 0 Å². The summed E-state index contributed by atoms with van der Waals surface area (Å²) in [7, 11) is 0. The van der Waals surface area contributed by atoms with E-state index in [1.807, 2.05) is 72.8 Å². The molecule has 12 aromatic rings. The Hall–Kier alpha value is -8.15. The average Bonchev–Trinajstić information content (AvgIpc) is 3.97. The van der Waals surface area contributed by atoms with E-state index in [1.165, 1.54) is 66.0 Å². The van der Waals surface area contributed by atoms with Crippen LogP contribution in [-0.4, -0.2) is 19.5 Å². The van der Waals surface area contributed by atoms with E-state index in [0.29, 0.717) is 17.5 Å². The molecule has 5 nitrogen and oxygen atoms in total. The van der Waals surface area contributed by atoms with Crippen LogP contribution in [-0.2, 0) is 5.41 Å². The second-order valence-corrected chi connectivity index (χ2v) is 16.3. The number of aromatic nitrogens is 4. The largest absolute Gasteiger partial charge is 0.456 e. The number of fused-ring (bicyclic) bond motifs is 10. The number of benzene rings is 9. The van der Waals surface area contributed by atoms with E-state index < -0.39 is 5.41 Å². The Labute approximate surface area is 349 Å². The first kappa shape index (κ1) is 32.8. The molecule has 0 bridgehead atoms. The van der Waals surface area contributed by atoms with Gasteiger partial charge in [0.15, 0.2) is 17.5 Å². The summed E-state index contributed by atoms with van der Waals surface area (Å²) in [6.07, 6.45) is 0. The van der Waals surface area contributed by atoms with E-state index in [2.05, 4.69) is 126 Å². The van der Waals surface area contributed by atoms with Crippen molar-refractivity contribution in [2.75, 3.05) is 0 Å². The fourth-order valence-corrected chi connectivity index (χ4v) is 10.8. The molecule has 0 radical (unpaired) electrons. The highest BCUT2D eigenvalue weighted by Gasteiger charge is 2.49. The molecule has 14 rings (SSSR count). The second kappa shape index (κ2) is 12.0. The van der Waals surface area contributed by atoms with Crippen LogP contribution in [0.1, 0.15) is 22.3 Å². The van der Waals surface area contributed by atoms with Gasteiger partial charge in [0.2, 0.25) is 0 Å². The number of furan rings is 1. The number of rotatable bonds is 4. The van der Waals surface area contributed by atoms with Crippen molar-refractivity contribution in [2.24, 2.45) is 0 Å². The third-order valence-electron chi connectivity index (χ3n) is 13.2. The van der Waals surface area contributed by atoms with Gasteiger partial charge in [0.1, 0.15) is 11.2 Å². The van der Waals surface area contributed by atoms with Crippen LogP contribution in [0.5, 0.6) is 0 Å². The third kappa shape index (κ3) is 4.31. The van der Waals surface area contributed by atoms with E-state index in [-0.39, 0.29) is 0 Å². The predicted octanol–water partition coefficient (Wildman–Crippen LogP) is 13.7. The van der Waals surface area contributed by atoms with Crippen LogP contribution in [0.2, 0.25) is 0 Å². The van der Waals surface area contributed by atoms with Gasteiger partial charge in [-0.1, -0.05) is 146 Å². The minimum absolute atomic E-state index is 0.442. The maximum atomic E-state index is 6.68. The van der Waals surface area contributed by atoms with Crippen molar-refractivity contribution in [3.8, 4) is 51.0 Å². The molecular formula is C56H32N4O. The van der Waals surface area contributed by atoms with Crippen LogP contribution in [0, 0.1) is 0 Å². The van der Waals surface area contributed by atoms with Gasteiger partial charge in [-0.05, 0) is 86.6 Å². The lowest BCUT2D eigenvalue weighted by Crippen LogP contribution is -2.30. The van der Waals surface area contributed by atoms with Crippen molar-refractivity contribution in [2.45, 2.75) is 5.41 Å². The number of hydrogen-bond donors (Lipinski definition) is 0. The highest BCUT2D eigenvalue weighted by atomic mass is 16.3. The summed E-state index contributed by atoms with van der Waals surface area (Å²) in [5.41, 5.74) is 15.4. The van der Waals surface area contributed by atoms with Gasteiger partial charge >= 0.3 is 0 Å². The number of nitrogens with zero attached hydrogens (tertiary/aromatic N) is 4. The lowest BCUT2D eigenvalue weighted by atomic mass is 9.63. The fourth-order valence-electron chi connectivity index (χ4n) is 10.8. The van der Waals surface area contributed by atoms with Crippen molar-refractivity contribution in [1.29, 1.82) is 0 Å². The maximum Gasteiger partial charge on any atom is 0.164 e. The first-order valence-electron chi connectivity index (χ1n) is 20.8. The molecule has 0 unspecified atom stereocenters. The lowest BCUT2D eigenvalue weighted by molar-refractivity contribution is 0.668. The second-order valence-electron chi connectivity index (χ2n) is 16.3. The van der Waals surface area contributed by atoms with Gasteiger partial charge in [-0.25, -0.2) is 15.0 Å². The monoisotopic (exact) mass is 776 g/mol. The zero-order valence-corrected chi connectivity index (χ0v) is 32.7. The molecular weight excluding hydrogens is 745 g/mol. The Morgan fingerprint density at radius 1 is 0.377 bits per heavy atom. The van der Waals surface area contributed by atoms with Gasteiger partial charge in [-0.3, -0.25) is 0 Å². The third-order valence-corrected chi connectivity index (χ3v) is 13.2. The van der Waals surface area contributed by atoms with Gasteiger partial charge < -0.3 is 8.98 Å². The van der Waals surface area contributed by atoms with Gasteiger partial charge in [-0.15, -0.1) is 0 Å². The van der Waals surface area contributed by atoms with Crippen LogP contribution in [0.3, 0.4) is 0 Å².